The van der Waals surface area contributed by atoms with E-state index in [0.717, 1.165) is 5.56 Å². The molecule has 0 aromatic heterocycles. The summed E-state index contributed by atoms with van der Waals surface area (Å²) < 4.78 is 5.70. The van der Waals surface area contributed by atoms with E-state index < -0.39 is 18.1 Å². The SMILES string of the molecule is CCC1Oc2ccc(C(C)C)cc2N(C(C)C(=O)O)C1=O. The number of anilines is 1. The molecule has 0 radical (unpaired) electrons. The van der Waals surface area contributed by atoms with E-state index in [2.05, 4.69) is 0 Å². The number of amides is 1. The van der Waals surface area contributed by atoms with Crippen LogP contribution in [0.5, 0.6) is 5.75 Å². The fraction of sp³-hybridized carbons (Fsp3) is 0.500. The molecule has 2 atom stereocenters. The number of ether oxygens (including phenoxy) is 1. The number of hydrogen-bond donors (Lipinski definition) is 1. The molecular formula is C16H21NO4. The molecule has 0 saturated carbocycles. The van der Waals surface area contributed by atoms with E-state index in [0.29, 0.717) is 17.9 Å². The van der Waals surface area contributed by atoms with Crippen molar-refractivity contribution in [3.63, 3.8) is 0 Å². The third-order valence-corrected chi connectivity index (χ3v) is 3.81. The quantitative estimate of drug-likeness (QED) is 0.926. The zero-order valence-corrected chi connectivity index (χ0v) is 12.8. The second kappa shape index (κ2) is 5.76. The molecule has 1 N–H and O–H groups in total. The number of hydrogen-bond acceptors (Lipinski definition) is 3. The van der Waals surface area contributed by atoms with Crippen LogP contribution in [-0.2, 0) is 9.59 Å². The van der Waals surface area contributed by atoms with Gasteiger partial charge in [0.25, 0.3) is 5.91 Å². The van der Waals surface area contributed by atoms with Gasteiger partial charge in [-0.1, -0.05) is 26.8 Å². The van der Waals surface area contributed by atoms with Crippen LogP contribution in [0.3, 0.4) is 0 Å². The lowest BCUT2D eigenvalue weighted by Crippen LogP contribution is -2.52. The number of nitrogens with zero attached hydrogens (tertiary/aromatic N) is 1. The lowest BCUT2D eigenvalue weighted by Gasteiger charge is -2.36. The van der Waals surface area contributed by atoms with Crippen LogP contribution in [0.2, 0.25) is 0 Å². The Morgan fingerprint density at radius 3 is 2.57 bits per heavy atom. The zero-order chi connectivity index (χ0) is 15.7. The van der Waals surface area contributed by atoms with Crippen LogP contribution in [-0.4, -0.2) is 29.1 Å². The maximum Gasteiger partial charge on any atom is 0.326 e. The van der Waals surface area contributed by atoms with E-state index in [1.807, 2.05) is 39.0 Å². The number of carbonyl (C=O) groups excluding carboxylic acids is 1. The van der Waals surface area contributed by atoms with Gasteiger partial charge in [0.2, 0.25) is 0 Å². The summed E-state index contributed by atoms with van der Waals surface area (Å²) in [7, 11) is 0. The van der Waals surface area contributed by atoms with Crippen molar-refractivity contribution in [2.24, 2.45) is 0 Å². The zero-order valence-electron chi connectivity index (χ0n) is 12.8. The molecule has 2 unspecified atom stereocenters. The van der Waals surface area contributed by atoms with Crippen LogP contribution in [0, 0.1) is 0 Å². The first-order valence-corrected chi connectivity index (χ1v) is 7.23. The molecule has 1 aromatic carbocycles. The van der Waals surface area contributed by atoms with Crippen molar-refractivity contribution in [1.82, 2.24) is 0 Å². The molecule has 1 heterocycles. The van der Waals surface area contributed by atoms with Crippen molar-refractivity contribution in [2.45, 2.75) is 52.2 Å². The molecule has 1 aromatic rings. The molecule has 114 valence electrons. The highest BCUT2D eigenvalue weighted by Crippen LogP contribution is 2.38. The third kappa shape index (κ3) is 2.73. The number of fused-ring (bicyclic) bond motifs is 1. The number of benzene rings is 1. The Balaban J connectivity index is 2.54. The van der Waals surface area contributed by atoms with Crippen molar-refractivity contribution >= 4 is 17.6 Å². The second-order valence-corrected chi connectivity index (χ2v) is 5.62. The molecule has 2 rings (SSSR count). The molecule has 5 nitrogen and oxygen atoms in total. The lowest BCUT2D eigenvalue weighted by molar-refractivity contribution is -0.140. The van der Waals surface area contributed by atoms with Gasteiger partial charge in [-0.25, -0.2) is 4.79 Å². The minimum Gasteiger partial charge on any atom is -0.480 e. The summed E-state index contributed by atoms with van der Waals surface area (Å²) in [6.45, 7) is 7.46. The van der Waals surface area contributed by atoms with Gasteiger partial charge < -0.3 is 9.84 Å². The van der Waals surface area contributed by atoms with E-state index in [4.69, 9.17) is 4.74 Å². The average Bonchev–Trinajstić information content (AvgIpc) is 2.45. The minimum atomic E-state index is -1.03. The summed E-state index contributed by atoms with van der Waals surface area (Å²) in [4.78, 5) is 25.2. The van der Waals surface area contributed by atoms with Gasteiger partial charge in [0.05, 0.1) is 5.69 Å². The number of carboxylic acid groups (broad SMARTS) is 1. The highest BCUT2D eigenvalue weighted by Gasteiger charge is 2.38. The second-order valence-electron chi connectivity index (χ2n) is 5.62. The lowest BCUT2D eigenvalue weighted by atomic mass is 10.00. The van der Waals surface area contributed by atoms with Crippen molar-refractivity contribution in [3.05, 3.63) is 23.8 Å². The van der Waals surface area contributed by atoms with Gasteiger partial charge in [-0.05, 0) is 37.0 Å². The topological polar surface area (TPSA) is 66.8 Å². The number of carboxylic acids is 1. The molecule has 5 heteroatoms. The van der Waals surface area contributed by atoms with Crippen molar-refractivity contribution < 1.29 is 19.4 Å². The van der Waals surface area contributed by atoms with Gasteiger partial charge in [-0.3, -0.25) is 9.69 Å². The molecule has 1 aliphatic heterocycles. The molecule has 0 bridgehead atoms. The van der Waals surface area contributed by atoms with E-state index in [1.54, 1.807) is 0 Å². The Morgan fingerprint density at radius 2 is 2.05 bits per heavy atom. The predicted octanol–water partition coefficient (Wildman–Crippen LogP) is 2.79. The third-order valence-electron chi connectivity index (χ3n) is 3.81. The minimum absolute atomic E-state index is 0.288. The number of carbonyl (C=O) groups is 2. The monoisotopic (exact) mass is 291 g/mol. The van der Waals surface area contributed by atoms with Crippen LogP contribution in [0.25, 0.3) is 0 Å². The van der Waals surface area contributed by atoms with Crippen LogP contribution in [0.4, 0.5) is 5.69 Å². The molecule has 0 aliphatic carbocycles. The normalized spacial score (nSPS) is 19.2. The van der Waals surface area contributed by atoms with E-state index in [-0.39, 0.29) is 11.8 Å². The molecule has 21 heavy (non-hydrogen) atoms. The summed E-state index contributed by atoms with van der Waals surface area (Å²) in [5, 5.41) is 9.28. The number of rotatable bonds is 4. The summed E-state index contributed by atoms with van der Waals surface area (Å²) in [5.41, 5.74) is 1.59. The van der Waals surface area contributed by atoms with Crippen LogP contribution in [0.15, 0.2) is 18.2 Å². The Morgan fingerprint density at radius 1 is 1.38 bits per heavy atom. The molecule has 0 saturated heterocycles. The van der Waals surface area contributed by atoms with Gasteiger partial charge in [-0.15, -0.1) is 0 Å². The van der Waals surface area contributed by atoms with Gasteiger partial charge in [0.15, 0.2) is 6.10 Å². The Labute approximate surface area is 124 Å². The Hall–Kier alpha value is -2.04. The maximum absolute atomic E-state index is 12.5. The first-order valence-electron chi connectivity index (χ1n) is 7.23. The van der Waals surface area contributed by atoms with Gasteiger partial charge in [0, 0.05) is 0 Å². The van der Waals surface area contributed by atoms with E-state index in [9.17, 15) is 14.7 Å². The average molecular weight is 291 g/mol. The van der Waals surface area contributed by atoms with Gasteiger partial charge in [0.1, 0.15) is 11.8 Å². The summed E-state index contributed by atoms with van der Waals surface area (Å²) in [6.07, 6.45) is -0.114. The molecule has 0 spiro atoms. The standard InChI is InChI=1S/C16H21NO4/c1-5-13-15(18)17(10(4)16(19)20)12-8-11(9(2)3)6-7-14(12)21-13/h6-10,13H,5H2,1-4H3,(H,19,20). The fourth-order valence-electron chi connectivity index (χ4n) is 2.43. The van der Waals surface area contributed by atoms with Crippen molar-refractivity contribution in [1.29, 1.82) is 0 Å². The first kappa shape index (κ1) is 15.4. The van der Waals surface area contributed by atoms with Crippen molar-refractivity contribution in [2.75, 3.05) is 4.90 Å². The van der Waals surface area contributed by atoms with E-state index >= 15 is 0 Å². The smallest absolute Gasteiger partial charge is 0.326 e. The fourth-order valence-corrected chi connectivity index (χ4v) is 2.43. The summed E-state index contributed by atoms with van der Waals surface area (Å²) in [5.74, 6) is -0.461. The molecule has 1 aliphatic rings. The number of aliphatic carboxylic acids is 1. The van der Waals surface area contributed by atoms with Crippen molar-refractivity contribution in [3.8, 4) is 5.75 Å². The molecule has 0 fully saturated rings. The predicted molar refractivity (Wildman–Crippen MR) is 79.8 cm³/mol. The first-order chi connectivity index (χ1) is 9.86. The van der Waals surface area contributed by atoms with Crippen LogP contribution in [0.1, 0.15) is 45.6 Å². The largest absolute Gasteiger partial charge is 0.480 e. The van der Waals surface area contributed by atoms with Crippen LogP contribution >= 0.6 is 0 Å². The maximum atomic E-state index is 12.5. The van der Waals surface area contributed by atoms with E-state index in [1.165, 1.54) is 11.8 Å². The van der Waals surface area contributed by atoms with Gasteiger partial charge >= 0.3 is 5.97 Å². The molecule has 1 amide bonds. The molecular weight excluding hydrogens is 270 g/mol. The van der Waals surface area contributed by atoms with Crippen LogP contribution < -0.4 is 9.64 Å². The Bertz CT molecular complexity index is 567. The highest BCUT2D eigenvalue weighted by molar-refractivity contribution is 6.04. The highest BCUT2D eigenvalue weighted by atomic mass is 16.5. The Kier molecular flexibility index (Phi) is 4.21. The van der Waals surface area contributed by atoms with Gasteiger partial charge in [-0.2, -0.15) is 0 Å². The summed E-state index contributed by atoms with van der Waals surface area (Å²) in [6, 6.07) is 4.71. The summed E-state index contributed by atoms with van der Waals surface area (Å²) >= 11 is 0.